The number of methoxy groups -OCH3 is 1. The van der Waals surface area contributed by atoms with Crippen LogP contribution in [0.15, 0.2) is 18.2 Å². The summed E-state index contributed by atoms with van der Waals surface area (Å²) >= 11 is 0. The van der Waals surface area contributed by atoms with Crippen LogP contribution in [0.2, 0.25) is 0 Å². The fourth-order valence-electron chi connectivity index (χ4n) is 2.55. The van der Waals surface area contributed by atoms with Crippen molar-refractivity contribution in [1.82, 2.24) is 4.90 Å². The highest BCUT2D eigenvalue weighted by molar-refractivity contribution is 5.97. The highest BCUT2D eigenvalue weighted by Gasteiger charge is 2.19. The Morgan fingerprint density at radius 3 is 2.74 bits per heavy atom. The summed E-state index contributed by atoms with van der Waals surface area (Å²) in [5.41, 5.74) is 7.38. The third kappa shape index (κ3) is 3.47. The van der Waals surface area contributed by atoms with E-state index in [1.54, 1.807) is 7.11 Å². The lowest BCUT2D eigenvalue weighted by Crippen LogP contribution is -2.29. The summed E-state index contributed by atoms with van der Waals surface area (Å²) in [6.45, 7) is 2.07. The Morgan fingerprint density at radius 1 is 1.47 bits per heavy atom. The van der Waals surface area contributed by atoms with Gasteiger partial charge in [0.15, 0.2) is 0 Å². The van der Waals surface area contributed by atoms with Crippen LogP contribution in [0, 0.1) is 11.3 Å². The van der Waals surface area contributed by atoms with Gasteiger partial charge in [-0.25, -0.2) is 0 Å². The molecule has 0 bridgehead atoms. The molecule has 104 valence electrons. The van der Waals surface area contributed by atoms with Crippen molar-refractivity contribution in [2.24, 2.45) is 11.7 Å². The molecular formula is C15H23N3O. The maximum atomic E-state index is 7.50. The van der Waals surface area contributed by atoms with E-state index < -0.39 is 0 Å². The predicted octanol–water partition coefficient (Wildman–Crippen LogP) is 2.21. The SMILES string of the molecule is COc1cc(CN(C)CC2CCC2)ccc1C(=N)N. The van der Waals surface area contributed by atoms with E-state index in [2.05, 4.69) is 11.9 Å². The molecule has 1 fully saturated rings. The van der Waals surface area contributed by atoms with Crippen LogP contribution in [0.1, 0.15) is 30.4 Å². The number of hydrogen-bond acceptors (Lipinski definition) is 3. The lowest BCUT2D eigenvalue weighted by Gasteiger charge is -2.30. The molecule has 4 nitrogen and oxygen atoms in total. The number of amidine groups is 1. The number of benzene rings is 1. The molecule has 0 radical (unpaired) electrons. The third-order valence-electron chi connectivity index (χ3n) is 3.80. The Kier molecular flexibility index (Phi) is 4.43. The van der Waals surface area contributed by atoms with Crippen LogP contribution in [-0.2, 0) is 6.54 Å². The van der Waals surface area contributed by atoms with Crippen molar-refractivity contribution in [1.29, 1.82) is 5.41 Å². The molecule has 19 heavy (non-hydrogen) atoms. The molecule has 0 aromatic heterocycles. The number of ether oxygens (including phenoxy) is 1. The summed E-state index contributed by atoms with van der Waals surface area (Å²) in [6, 6.07) is 5.87. The number of nitrogens with zero attached hydrogens (tertiary/aromatic N) is 1. The summed E-state index contributed by atoms with van der Waals surface area (Å²) in [6.07, 6.45) is 4.13. The molecule has 0 amide bonds. The molecule has 0 aliphatic heterocycles. The first-order valence-electron chi connectivity index (χ1n) is 6.80. The Hall–Kier alpha value is -1.55. The largest absolute Gasteiger partial charge is 0.496 e. The number of hydrogen-bond donors (Lipinski definition) is 2. The van der Waals surface area contributed by atoms with Gasteiger partial charge in [-0.3, -0.25) is 5.41 Å². The van der Waals surface area contributed by atoms with Gasteiger partial charge in [-0.2, -0.15) is 0 Å². The molecule has 1 aliphatic rings. The molecule has 0 spiro atoms. The molecule has 1 aromatic carbocycles. The van der Waals surface area contributed by atoms with E-state index >= 15 is 0 Å². The van der Waals surface area contributed by atoms with E-state index in [1.807, 2.05) is 18.2 Å². The van der Waals surface area contributed by atoms with E-state index in [1.165, 1.54) is 24.8 Å². The standard InChI is InChI=1S/C15H23N3O/c1-18(9-11-4-3-5-11)10-12-6-7-13(15(16)17)14(8-12)19-2/h6-8,11H,3-5,9-10H2,1-2H3,(H3,16,17). The summed E-state index contributed by atoms with van der Waals surface area (Å²) < 4.78 is 5.30. The topological polar surface area (TPSA) is 62.3 Å². The number of nitrogens with two attached hydrogens (primary N) is 1. The minimum absolute atomic E-state index is 0.0474. The molecule has 4 heteroatoms. The lowest BCUT2D eigenvalue weighted by molar-refractivity contribution is 0.200. The molecule has 0 atom stereocenters. The van der Waals surface area contributed by atoms with Crippen molar-refractivity contribution >= 4 is 5.84 Å². The molecule has 2 rings (SSSR count). The first kappa shape index (κ1) is 13.9. The van der Waals surface area contributed by atoms with Crippen LogP contribution in [-0.4, -0.2) is 31.4 Å². The molecule has 3 N–H and O–H groups in total. The minimum Gasteiger partial charge on any atom is -0.496 e. The Bertz CT molecular complexity index is 455. The summed E-state index contributed by atoms with van der Waals surface area (Å²) in [4.78, 5) is 2.35. The second-order valence-corrected chi connectivity index (χ2v) is 5.44. The van der Waals surface area contributed by atoms with Crippen LogP contribution in [0.4, 0.5) is 0 Å². The van der Waals surface area contributed by atoms with Crippen molar-refractivity contribution in [3.05, 3.63) is 29.3 Å². The monoisotopic (exact) mass is 261 g/mol. The van der Waals surface area contributed by atoms with Gasteiger partial charge in [0.1, 0.15) is 11.6 Å². The first-order chi connectivity index (χ1) is 9.10. The molecule has 0 unspecified atom stereocenters. The maximum Gasteiger partial charge on any atom is 0.130 e. The number of rotatable bonds is 6. The maximum absolute atomic E-state index is 7.50. The average molecular weight is 261 g/mol. The zero-order valence-corrected chi connectivity index (χ0v) is 11.8. The van der Waals surface area contributed by atoms with E-state index in [9.17, 15) is 0 Å². The molecule has 1 aromatic rings. The Balaban J connectivity index is 2.01. The molecule has 0 heterocycles. The fourth-order valence-corrected chi connectivity index (χ4v) is 2.55. The van der Waals surface area contributed by atoms with Crippen LogP contribution in [0.3, 0.4) is 0 Å². The Morgan fingerprint density at radius 2 is 2.21 bits per heavy atom. The molecule has 1 aliphatic carbocycles. The van der Waals surface area contributed by atoms with Crippen LogP contribution in [0.5, 0.6) is 5.75 Å². The fraction of sp³-hybridized carbons (Fsp3) is 0.533. The van der Waals surface area contributed by atoms with Gasteiger partial charge in [-0.1, -0.05) is 12.5 Å². The second kappa shape index (κ2) is 6.06. The van der Waals surface area contributed by atoms with Crippen molar-refractivity contribution in [2.45, 2.75) is 25.8 Å². The Labute approximate surface area is 115 Å². The third-order valence-corrected chi connectivity index (χ3v) is 3.80. The van der Waals surface area contributed by atoms with Gasteiger partial charge < -0.3 is 15.4 Å². The molecule has 1 saturated carbocycles. The van der Waals surface area contributed by atoms with Gasteiger partial charge in [-0.05, 0) is 43.5 Å². The zero-order valence-electron chi connectivity index (χ0n) is 11.8. The number of nitrogen functional groups attached to an aromatic ring is 1. The first-order valence-corrected chi connectivity index (χ1v) is 6.80. The van der Waals surface area contributed by atoms with Crippen molar-refractivity contribution in [3.8, 4) is 5.75 Å². The van der Waals surface area contributed by atoms with Crippen LogP contribution < -0.4 is 10.5 Å². The predicted molar refractivity (Wildman–Crippen MR) is 77.7 cm³/mol. The minimum atomic E-state index is 0.0474. The van der Waals surface area contributed by atoms with Crippen LogP contribution >= 0.6 is 0 Å². The van der Waals surface area contributed by atoms with E-state index in [0.29, 0.717) is 11.3 Å². The zero-order chi connectivity index (χ0) is 13.8. The van der Waals surface area contributed by atoms with E-state index in [0.717, 1.165) is 19.0 Å². The number of nitrogens with one attached hydrogen (secondary N) is 1. The van der Waals surface area contributed by atoms with Gasteiger partial charge in [0.2, 0.25) is 0 Å². The van der Waals surface area contributed by atoms with Crippen molar-refractivity contribution in [2.75, 3.05) is 20.7 Å². The molecular weight excluding hydrogens is 238 g/mol. The molecule has 0 saturated heterocycles. The van der Waals surface area contributed by atoms with Crippen molar-refractivity contribution < 1.29 is 4.74 Å². The van der Waals surface area contributed by atoms with Crippen molar-refractivity contribution in [3.63, 3.8) is 0 Å². The second-order valence-electron chi connectivity index (χ2n) is 5.44. The van der Waals surface area contributed by atoms with Gasteiger partial charge in [-0.15, -0.1) is 0 Å². The lowest BCUT2D eigenvalue weighted by atomic mass is 9.85. The summed E-state index contributed by atoms with van der Waals surface area (Å²) in [7, 11) is 3.77. The smallest absolute Gasteiger partial charge is 0.130 e. The van der Waals surface area contributed by atoms with E-state index in [-0.39, 0.29) is 5.84 Å². The summed E-state index contributed by atoms with van der Waals surface area (Å²) in [5, 5.41) is 7.50. The van der Waals surface area contributed by atoms with Gasteiger partial charge in [0.05, 0.1) is 12.7 Å². The van der Waals surface area contributed by atoms with Gasteiger partial charge in [0, 0.05) is 13.1 Å². The van der Waals surface area contributed by atoms with Gasteiger partial charge in [0.25, 0.3) is 0 Å². The quantitative estimate of drug-likeness (QED) is 0.609. The normalized spacial score (nSPS) is 15.3. The van der Waals surface area contributed by atoms with Crippen LogP contribution in [0.25, 0.3) is 0 Å². The highest BCUT2D eigenvalue weighted by atomic mass is 16.5. The average Bonchev–Trinajstić information content (AvgIpc) is 2.33. The van der Waals surface area contributed by atoms with E-state index in [4.69, 9.17) is 15.9 Å². The summed E-state index contributed by atoms with van der Waals surface area (Å²) in [5.74, 6) is 1.61. The van der Waals surface area contributed by atoms with Gasteiger partial charge >= 0.3 is 0 Å². The highest BCUT2D eigenvalue weighted by Crippen LogP contribution is 2.27.